The standard InChI is InChI=1S/C21H21NO4S/c1-16-8-12-20(13-9-16)27(25,26)22-14-4-7-19(23)11-10-17-5-2-3-6-18(17)15-21(22)24/h2-3,5-6,8-9,12-13,19,23H,4,7,14-15H2,1H3. The van der Waals surface area contributed by atoms with Crippen LogP contribution in [-0.4, -0.2) is 36.4 Å². The number of aryl methyl sites for hydroxylation is 1. The van der Waals surface area contributed by atoms with E-state index in [4.69, 9.17) is 0 Å². The molecule has 0 radical (unpaired) electrons. The zero-order valence-electron chi connectivity index (χ0n) is 15.1. The molecule has 5 nitrogen and oxygen atoms in total. The molecule has 0 fully saturated rings. The van der Waals surface area contributed by atoms with Crippen LogP contribution in [0.1, 0.15) is 29.5 Å². The third-order valence-corrected chi connectivity index (χ3v) is 6.29. The molecular weight excluding hydrogens is 362 g/mol. The molecule has 0 aromatic heterocycles. The van der Waals surface area contributed by atoms with Gasteiger partial charge in [-0.2, -0.15) is 0 Å². The summed E-state index contributed by atoms with van der Waals surface area (Å²) in [5.74, 6) is 5.17. The largest absolute Gasteiger partial charge is 0.380 e. The monoisotopic (exact) mass is 383 g/mol. The summed E-state index contributed by atoms with van der Waals surface area (Å²) in [5, 5.41) is 10.0. The molecular formula is C21H21NO4S. The van der Waals surface area contributed by atoms with Crippen LogP contribution in [0.25, 0.3) is 0 Å². The van der Waals surface area contributed by atoms with Crippen molar-refractivity contribution in [3.63, 3.8) is 0 Å². The van der Waals surface area contributed by atoms with Crippen LogP contribution in [0.5, 0.6) is 0 Å². The molecule has 6 heteroatoms. The van der Waals surface area contributed by atoms with Crippen molar-refractivity contribution in [2.75, 3.05) is 6.54 Å². The fourth-order valence-corrected chi connectivity index (χ4v) is 4.36. The van der Waals surface area contributed by atoms with E-state index < -0.39 is 22.0 Å². The minimum Gasteiger partial charge on any atom is -0.380 e. The zero-order chi connectivity index (χ0) is 19.4. The zero-order valence-corrected chi connectivity index (χ0v) is 15.9. The number of aliphatic hydroxyl groups is 1. The first-order valence-electron chi connectivity index (χ1n) is 8.77. The van der Waals surface area contributed by atoms with Gasteiger partial charge in [-0.3, -0.25) is 4.79 Å². The third kappa shape index (κ3) is 4.38. The summed E-state index contributed by atoms with van der Waals surface area (Å²) in [6.07, 6.45) is -0.299. The first kappa shape index (κ1) is 19.2. The summed E-state index contributed by atoms with van der Waals surface area (Å²) >= 11 is 0. The lowest BCUT2D eigenvalue weighted by molar-refractivity contribution is -0.125. The van der Waals surface area contributed by atoms with Gasteiger partial charge in [0.1, 0.15) is 6.10 Å². The molecule has 140 valence electrons. The Morgan fingerprint density at radius 1 is 1.11 bits per heavy atom. The lowest BCUT2D eigenvalue weighted by Gasteiger charge is -2.23. The highest BCUT2D eigenvalue weighted by Crippen LogP contribution is 2.20. The Morgan fingerprint density at radius 3 is 2.56 bits per heavy atom. The fraction of sp³-hybridized carbons (Fsp3) is 0.286. The summed E-state index contributed by atoms with van der Waals surface area (Å²) in [5.41, 5.74) is 2.21. The number of benzene rings is 2. The highest BCUT2D eigenvalue weighted by Gasteiger charge is 2.29. The van der Waals surface area contributed by atoms with Crippen molar-refractivity contribution in [3.8, 4) is 11.8 Å². The number of rotatable bonds is 2. The predicted octanol–water partition coefficient (Wildman–Crippen LogP) is 2.26. The van der Waals surface area contributed by atoms with E-state index >= 15 is 0 Å². The van der Waals surface area contributed by atoms with E-state index in [1.807, 2.05) is 6.92 Å². The molecule has 0 bridgehead atoms. The fourth-order valence-electron chi connectivity index (χ4n) is 2.93. The average molecular weight is 383 g/mol. The molecule has 1 aliphatic heterocycles. The number of aliphatic hydroxyl groups excluding tert-OH is 1. The van der Waals surface area contributed by atoms with E-state index in [1.165, 1.54) is 12.1 Å². The van der Waals surface area contributed by atoms with E-state index in [0.29, 0.717) is 24.0 Å². The molecule has 0 spiro atoms. The van der Waals surface area contributed by atoms with Gasteiger partial charge in [-0.25, -0.2) is 12.7 Å². The minimum atomic E-state index is -3.97. The molecule has 1 unspecified atom stereocenters. The summed E-state index contributed by atoms with van der Waals surface area (Å²) < 4.78 is 27.0. The Balaban J connectivity index is 1.99. The maximum Gasteiger partial charge on any atom is 0.266 e. The maximum atomic E-state index is 13.1. The Morgan fingerprint density at radius 2 is 1.81 bits per heavy atom. The van der Waals surface area contributed by atoms with E-state index in [1.54, 1.807) is 36.4 Å². The third-order valence-electron chi connectivity index (χ3n) is 4.46. The Bertz CT molecular complexity index is 1000. The summed E-state index contributed by atoms with van der Waals surface area (Å²) in [4.78, 5) is 13.0. The molecule has 3 rings (SSSR count). The molecule has 1 aliphatic rings. The van der Waals surface area contributed by atoms with Gasteiger partial charge in [0, 0.05) is 12.1 Å². The first-order valence-corrected chi connectivity index (χ1v) is 10.2. The SMILES string of the molecule is Cc1ccc(S(=O)(=O)N2CCCC(O)C#Cc3ccccc3CC2=O)cc1. The molecule has 0 saturated heterocycles. The number of carbonyl (C=O) groups is 1. The number of hydrogen-bond donors (Lipinski definition) is 1. The first-order chi connectivity index (χ1) is 12.9. The topological polar surface area (TPSA) is 74.7 Å². The lowest BCUT2D eigenvalue weighted by Crippen LogP contribution is -2.39. The van der Waals surface area contributed by atoms with Crippen molar-refractivity contribution in [3.05, 3.63) is 65.2 Å². The van der Waals surface area contributed by atoms with E-state index in [0.717, 1.165) is 9.87 Å². The Hall–Kier alpha value is -2.62. The van der Waals surface area contributed by atoms with Gasteiger partial charge < -0.3 is 5.11 Å². The summed E-state index contributed by atoms with van der Waals surface area (Å²) in [6, 6.07) is 13.5. The van der Waals surface area contributed by atoms with Gasteiger partial charge >= 0.3 is 0 Å². The van der Waals surface area contributed by atoms with Gasteiger partial charge in [0.15, 0.2) is 0 Å². The molecule has 0 aliphatic carbocycles. The Labute approximate surface area is 159 Å². The van der Waals surface area contributed by atoms with Crippen LogP contribution < -0.4 is 0 Å². The second-order valence-electron chi connectivity index (χ2n) is 6.55. The number of fused-ring (bicyclic) bond motifs is 1. The predicted molar refractivity (Wildman–Crippen MR) is 102 cm³/mol. The second kappa shape index (κ2) is 7.95. The second-order valence-corrected chi connectivity index (χ2v) is 8.41. The highest BCUT2D eigenvalue weighted by molar-refractivity contribution is 7.89. The van der Waals surface area contributed by atoms with Crippen molar-refractivity contribution < 1.29 is 18.3 Å². The van der Waals surface area contributed by atoms with Crippen LogP contribution in [0.4, 0.5) is 0 Å². The number of carbonyl (C=O) groups excluding carboxylic acids is 1. The van der Waals surface area contributed by atoms with Crippen molar-refractivity contribution in [1.29, 1.82) is 0 Å². The van der Waals surface area contributed by atoms with Gasteiger partial charge in [0.2, 0.25) is 5.91 Å². The van der Waals surface area contributed by atoms with Gasteiger partial charge in [-0.1, -0.05) is 47.7 Å². The number of nitrogens with zero attached hydrogens (tertiary/aromatic N) is 1. The van der Waals surface area contributed by atoms with Gasteiger partial charge in [0.25, 0.3) is 10.0 Å². The smallest absolute Gasteiger partial charge is 0.266 e. The van der Waals surface area contributed by atoms with Crippen LogP contribution in [0.15, 0.2) is 53.4 Å². The van der Waals surface area contributed by atoms with E-state index in [-0.39, 0.29) is 17.9 Å². The molecule has 2 aromatic rings. The van der Waals surface area contributed by atoms with Gasteiger partial charge in [-0.15, -0.1) is 0 Å². The van der Waals surface area contributed by atoms with Crippen molar-refractivity contribution in [2.24, 2.45) is 0 Å². The van der Waals surface area contributed by atoms with Crippen LogP contribution >= 0.6 is 0 Å². The number of sulfonamides is 1. The van der Waals surface area contributed by atoms with Gasteiger partial charge in [-0.05, 0) is 43.5 Å². The van der Waals surface area contributed by atoms with Crippen molar-refractivity contribution in [2.45, 2.75) is 37.2 Å². The number of hydrogen-bond acceptors (Lipinski definition) is 4. The minimum absolute atomic E-state index is 0.00987. The van der Waals surface area contributed by atoms with E-state index in [2.05, 4.69) is 11.8 Å². The number of amides is 1. The average Bonchev–Trinajstić information content (AvgIpc) is 2.66. The molecule has 1 amide bonds. The molecule has 1 heterocycles. The van der Waals surface area contributed by atoms with Crippen LogP contribution in [0, 0.1) is 18.8 Å². The molecule has 27 heavy (non-hydrogen) atoms. The normalized spacial score (nSPS) is 18.1. The molecule has 1 atom stereocenters. The molecule has 1 N–H and O–H groups in total. The van der Waals surface area contributed by atoms with E-state index in [9.17, 15) is 18.3 Å². The Kier molecular flexibility index (Phi) is 5.64. The maximum absolute atomic E-state index is 13.1. The lowest BCUT2D eigenvalue weighted by atomic mass is 10.0. The summed E-state index contributed by atoms with van der Waals surface area (Å²) in [6.45, 7) is 1.88. The van der Waals surface area contributed by atoms with Crippen molar-refractivity contribution in [1.82, 2.24) is 4.31 Å². The van der Waals surface area contributed by atoms with Crippen molar-refractivity contribution >= 4 is 15.9 Å². The summed E-state index contributed by atoms with van der Waals surface area (Å²) in [7, 11) is -3.97. The molecule has 2 aromatic carbocycles. The van der Waals surface area contributed by atoms with Crippen LogP contribution in [0.2, 0.25) is 0 Å². The van der Waals surface area contributed by atoms with Crippen LogP contribution in [-0.2, 0) is 21.2 Å². The molecule has 0 saturated carbocycles. The highest BCUT2D eigenvalue weighted by atomic mass is 32.2. The quantitative estimate of drug-likeness (QED) is 0.808. The van der Waals surface area contributed by atoms with Crippen LogP contribution in [0.3, 0.4) is 0 Å². The van der Waals surface area contributed by atoms with Gasteiger partial charge in [0.05, 0.1) is 11.3 Å².